The molecule has 1 unspecified atom stereocenters. The van der Waals surface area contributed by atoms with Crippen molar-refractivity contribution in [3.63, 3.8) is 0 Å². The molecule has 7 heteroatoms. The Kier molecular flexibility index (Phi) is 4.12. The first-order chi connectivity index (χ1) is 11.0. The first-order valence-corrected chi connectivity index (χ1v) is 7.55. The number of fused-ring (bicyclic) bond motifs is 1. The lowest BCUT2D eigenvalue weighted by Crippen LogP contribution is -2.37. The lowest BCUT2D eigenvalue weighted by atomic mass is 10.1. The van der Waals surface area contributed by atoms with Crippen molar-refractivity contribution >= 4 is 11.9 Å². The van der Waals surface area contributed by atoms with Gasteiger partial charge in [-0.2, -0.15) is 0 Å². The summed E-state index contributed by atoms with van der Waals surface area (Å²) in [5, 5.41) is 9.09. The van der Waals surface area contributed by atoms with Crippen LogP contribution < -0.4 is 9.47 Å². The van der Waals surface area contributed by atoms with Crippen molar-refractivity contribution in [2.24, 2.45) is 0 Å². The predicted octanol–water partition coefficient (Wildman–Crippen LogP) is 1.45. The molecule has 1 amide bonds. The number of rotatable bonds is 4. The van der Waals surface area contributed by atoms with Crippen LogP contribution in [0, 0.1) is 0 Å². The molecule has 2 heterocycles. The van der Waals surface area contributed by atoms with Gasteiger partial charge in [-0.3, -0.25) is 9.69 Å². The van der Waals surface area contributed by atoms with E-state index in [4.69, 9.17) is 14.6 Å². The van der Waals surface area contributed by atoms with Gasteiger partial charge < -0.3 is 19.5 Å². The van der Waals surface area contributed by atoms with E-state index in [9.17, 15) is 9.59 Å². The van der Waals surface area contributed by atoms with Crippen LogP contribution in [0.5, 0.6) is 11.5 Å². The van der Waals surface area contributed by atoms with E-state index in [1.54, 1.807) is 26.3 Å². The number of nitrogens with zero attached hydrogens (tertiary/aromatic N) is 2. The number of likely N-dealkylation sites (tertiary alicyclic amines) is 1. The largest absolute Gasteiger partial charge is 0.496 e. The Hall–Kier alpha value is -2.28. The summed E-state index contributed by atoms with van der Waals surface area (Å²) in [5.41, 5.74) is 1.45. The van der Waals surface area contributed by atoms with Crippen molar-refractivity contribution in [1.82, 2.24) is 9.80 Å². The van der Waals surface area contributed by atoms with Gasteiger partial charge in [0.05, 0.1) is 18.2 Å². The van der Waals surface area contributed by atoms with Crippen LogP contribution >= 0.6 is 0 Å². The predicted molar refractivity (Wildman–Crippen MR) is 82.3 cm³/mol. The Labute approximate surface area is 134 Å². The SMILES string of the molecule is COc1ccc2c(c1CN1CCC(N(C)C(=O)O)C1)OCC2=O. The normalized spacial score (nSPS) is 20.3. The maximum absolute atomic E-state index is 11.8. The first-order valence-electron chi connectivity index (χ1n) is 7.55. The van der Waals surface area contributed by atoms with Gasteiger partial charge in [-0.1, -0.05) is 0 Å². The number of benzene rings is 1. The smallest absolute Gasteiger partial charge is 0.407 e. The van der Waals surface area contributed by atoms with Crippen LogP contribution in [-0.2, 0) is 6.54 Å². The van der Waals surface area contributed by atoms with Crippen LogP contribution in [0.1, 0.15) is 22.3 Å². The summed E-state index contributed by atoms with van der Waals surface area (Å²) >= 11 is 0. The highest BCUT2D eigenvalue weighted by atomic mass is 16.5. The Bertz CT molecular complexity index is 646. The highest BCUT2D eigenvalue weighted by Crippen LogP contribution is 2.37. The highest BCUT2D eigenvalue weighted by molar-refractivity contribution is 6.03. The zero-order valence-electron chi connectivity index (χ0n) is 13.2. The van der Waals surface area contributed by atoms with E-state index in [1.807, 2.05) is 0 Å². The summed E-state index contributed by atoms with van der Waals surface area (Å²) < 4.78 is 11.0. The van der Waals surface area contributed by atoms with Gasteiger partial charge in [-0.25, -0.2) is 4.79 Å². The summed E-state index contributed by atoms with van der Waals surface area (Å²) in [5.74, 6) is 1.27. The van der Waals surface area contributed by atoms with Crippen LogP contribution in [0.15, 0.2) is 12.1 Å². The maximum Gasteiger partial charge on any atom is 0.407 e. The monoisotopic (exact) mass is 320 g/mol. The third kappa shape index (κ3) is 2.84. The Balaban J connectivity index is 1.79. The van der Waals surface area contributed by atoms with Gasteiger partial charge in [-0.15, -0.1) is 0 Å². The van der Waals surface area contributed by atoms with Crippen LogP contribution in [0.2, 0.25) is 0 Å². The summed E-state index contributed by atoms with van der Waals surface area (Å²) in [6.07, 6.45) is -0.121. The van der Waals surface area contributed by atoms with Gasteiger partial charge in [0.2, 0.25) is 5.78 Å². The maximum atomic E-state index is 11.8. The topological polar surface area (TPSA) is 79.3 Å². The van der Waals surface area contributed by atoms with Gasteiger partial charge in [0.1, 0.15) is 11.5 Å². The van der Waals surface area contributed by atoms with Gasteiger partial charge in [0.15, 0.2) is 6.61 Å². The molecule has 1 fully saturated rings. The zero-order valence-corrected chi connectivity index (χ0v) is 13.2. The molecular formula is C16H20N2O5. The third-order valence-corrected chi connectivity index (χ3v) is 4.56. The van der Waals surface area contributed by atoms with E-state index in [1.165, 1.54) is 4.90 Å². The fourth-order valence-corrected chi connectivity index (χ4v) is 3.20. The number of amides is 1. The minimum atomic E-state index is -0.913. The van der Waals surface area contributed by atoms with Crippen LogP contribution in [0.25, 0.3) is 0 Å². The quantitative estimate of drug-likeness (QED) is 0.905. The number of carbonyl (C=O) groups excluding carboxylic acids is 1. The number of likely N-dealkylation sites (N-methyl/N-ethyl adjacent to an activating group) is 1. The molecule has 0 bridgehead atoms. The van der Waals surface area contributed by atoms with E-state index >= 15 is 0 Å². The van der Waals surface area contributed by atoms with Crippen molar-refractivity contribution in [3.8, 4) is 11.5 Å². The number of carbonyl (C=O) groups is 2. The molecule has 0 aliphatic carbocycles. The second kappa shape index (κ2) is 6.08. The molecule has 2 aliphatic heterocycles. The highest BCUT2D eigenvalue weighted by Gasteiger charge is 2.31. The number of Topliss-reactive ketones (excluding diaryl/α,β-unsaturated/α-hetero) is 1. The number of hydrogen-bond donors (Lipinski definition) is 1. The lowest BCUT2D eigenvalue weighted by Gasteiger charge is -2.23. The summed E-state index contributed by atoms with van der Waals surface area (Å²) in [4.78, 5) is 26.4. The molecule has 1 atom stereocenters. The molecule has 23 heavy (non-hydrogen) atoms. The third-order valence-electron chi connectivity index (χ3n) is 4.56. The molecule has 1 saturated heterocycles. The molecule has 0 radical (unpaired) electrons. The zero-order chi connectivity index (χ0) is 16.6. The van der Waals surface area contributed by atoms with E-state index in [2.05, 4.69) is 4.90 Å². The second-order valence-corrected chi connectivity index (χ2v) is 5.91. The van der Waals surface area contributed by atoms with Gasteiger partial charge in [0, 0.05) is 32.7 Å². The molecule has 7 nitrogen and oxygen atoms in total. The fourth-order valence-electron chi connectivity index (χ4n) is 3.20. The van der Waals surface area contributed by atoms with Crippen LogP contribution in [0.4, 0.5) is 4.79 Å². The standard InChI is InChI=1S/C16H20N2O5/c1-17(16(20)21)10-5-6-18(7-10)8-12-14(22-2)4-3-11-13(19)9-23-15(11)12/h3-4,10H,5-9H2,1-2H3,(H,20,21). The van der Waals surface area contributed by atoms with Crippen molar-refractivity contribution in [2.75, 3.05) is 33.9 Å². The average molecular weight is 320 g/mol. The van der Waals surface area contributed by atoms with E-state index in [-0.39, 0.29) is 18.4 Å². The lowest BCUT2D eigenvalue weighted by molar-refractivity contribution is 0.0960. The molecule has 1 N–H and O–H groups in total. The minimum absolute atomic E-state index is 0.0159. The second-order valence-electron chi connectivity index (χ2n) is 5.91. The molecule has 3 rings (SSSR count). The van der Waals surface area contributed by atoms with Gasteiger partial charge in [-0.05, 0) is 18.6 Å². The van der Waals surface area contributed by atoms with Crippen molar-refractivity contribution in [2.45, 2.75) is 19.0 Å². The van der Waals surface area contributed by atoms with Crippen molar-refractivity contribution < 1.29 is 24.2 Å². The van der Waals surface area contributed by atoms with Crippen LogP contribution in [0.3, 0.4) is 0 Å². The van der Waals surface area contributed by atoms with E-state index in [0.717, 1.165) is 18.5 Å². The number of carboxylic acid groups (broad SMARTS) is 1. The number of methoxy groups -OCH3 is 1. The number of ether oxygens (including phenoxy) is 2. The molecule has 0 saturated carbocycles. The molecule has 1 aromatic rings. The average Bonchev–Trinajstić information content (AvgIpc) is 3.14. The van der Waals surface area contributed by atoms with Crippen molar-refractivity contribution in [1.29, 1.82) is 0 Å². The number of hydrogen-bond acceptors (Lipinski definition) is 5. The van der Waals surface area contributed by atoms with E-state index < -0.39 is 6.09 Å². The van der Waals surface area contributed by atoms with Gasteiger partial charge >= 0.3 is 6.09 Å². The molecular weight excluding hydrogens is 300 g/mol. The van der Waals surface area contributed by atoms with E-state index in [0.29, 0.717) is 30.2 Å². The molecule has 124 valence electrons. The first kappa shape index (κ1) is 15.6. The molecule has 0 aromatic heterocycles. The molecule has 1 aromatic carbocycles. The Morgan fingerprint density at radius 1 is 1.52 bits per heavy atom. The number of ketones is 1. The molecule has 0 spiro atoms. The van der Waals surface area contributed by atoms with Crippen LogP contribution in [-0.4, -0.2) is 66.7 Å². The van der Waals surface area contributed by atoms with Gasteiger partial charge in [0.25, 0.3) is 0 Å². The Morgan fingerprint density at radius 2 is 2.30 bits per heavy atom. The summed E-state index contributed by atoms with van der Waals surface area (Å²) in [6, 6.07) is 3.51. The minimum Gasteiger partial charge on any atom is -0.496 e. The van der Waals surface area contributed by atoms with Crippen molar-refractivity contribution in [3.05, 3.63) is 23.3 Å². The fraction of sp³-hybridized carbons (Fsp3) is 0.500. The summed E-state index contributed by atoms with van der Waals surface area (Å²) in [7, 11) is 3.19. The molecule has 2 aliphatic rings. The Morgan fingerprint density at radius 3 is 3.00 bits per heavy atom. The summed E-state index contributed by atoms with van der Waals surface area (Å²) in [6.45, 7) is 2.09.